The molecular weight excluding hydrogens is 262 g/mol. The molecule has 0 radical (unpaired) electrons. The van der Waals surface area contributed by atoms with Crippen molar-refractivity contribution in [2.24, 2.45) is 0 Å². The summed E-state index contributed by atoms with van der Waals surface area (Å²) < 4.78 is 25.9. The monoisotopic (exact) mass is 273 g/mol. The van der Waals surface area contributed by atoms with Gasteiger partial charge < -0.3 is 5.11 Å². The zero-order chi connectivity index (χ0) is 13.1. The Balaban J connectivity index is 2.98. The van der Waals surface area contributed by atoms with E-state index in [1.54, 1.807) is 6.92 Å². The Hall–Kier alpha value is -1.36. The first-order chi connectivity index (χ1) is 7.90. The second-order valence-electron chi connectivity index (χ2n) is 3.17. The SMILES string of the molecule is C#CC(CC)NS(=O)(=O)c1ccc(C(=O)O)s1. The van der Waals surface area contributed by atoms with Gasteiger partial charge >= 0.3 is 5.97 Å². The molecule has 17 heavy (non-hydrogen) atoms. The molecule has 1 aromatic heterocycles. The molecule has 0 bridgehead atoms. The highest BCUT2D eigenvalue weighted by molar-refractivity contribution is 7.91. The maximum absolute atomic E-state index is 11.8. The molecule has 0 aliphatic carbocycles. The third-order valence-corrected chi connectivity index (χ3v) is 5.00. The fraction of sp³-hybridized carbons (Fsp3) is 0.300. The molecule has 92 valence electrons. The summed E-state index contributed by atoms with van der Waals surface area (Å²) in [6.45, 7) is 1.75. The molecule has 0 aliphatic rings. The van der Waals surface area contributed by atoms with Crippen LogP contribution < -0.4 is 4.72 Å². The molecule has 1 rings (SSSR count). The molecule has 2 N–H and O–H groups in total. The average Bonchev–Trinajstić information content (AvgIpc) is 2.75. The maximum atomic E-state index is 11.8. The van der Waals surface area contributed by atoms with E-state index >= 15 is 0 Å². The molecule has 0 saturated carbocycles. The largest absolute Gasteiger partial charge is 0.477 e. The minimum atomic E-state index is -3.73. The van der Waals surface area contributed by atoms with Gasteiger partial charge in [-0.15, -0.1) is 17.8 Å². The number of carboxylic acids is 1. The summed E-state index contributed by atoms with van der Waals surface area (Å²) in [5.74, 6) is 1.15. The lowest BCUT2D eigenvalue weighted by Gasteiger charge is -2.09. The first-order valence-electron chi connectivity index (χ1n) is 4.72. The van der Waals surface area contributed by atoms with Gasteiger partial charge in [0, 0.05) is 0 Å². The summed E-state index contributed by atoms with van der Waals surface area (Å²) in [4.78, 5) is 10.6. The Bertz CT molecular complexity index is 553. The molecule has 0 fully saturated rings. The van der Waals surface area contributed by atoms with E-state index in [1.165, 1.54) is 12.1 Å². The van der Waals surface area contributed by atoms with Gasteiger partial charge in [0.05, 0.1) is 6.04 Å². The number of hydrogen-bond acceptors (Lipinski definition) is 4. The van der Waals surface area contributed by atoms with Crippen molar-refractivity contribution in [3.05, 3.63) is 17.0 Å². The molecule has 0 aliphatic heterocycles. The van der Waals surface area contributed by atoms with Crippen molar-refractivity contribution in [1.29, 1.82) is 0 Å². The molecule has 0 amide bonds. The van der Waals surface area contributed by atoms with Crippen molar-refractivity contribution in [3.8, 4) is 12.3 Å². The summed E-state index contributed by atoms with van der Waals surface area (Å²) in [5, 5.41) is 8.70. The van der Waals surface area contributed by atoms with Crippen molar-refractivity contribution in [2.75, 3.05) is 0 Å². The van der Waals surface area contributed by atoms with Crippen molar-refractivity contribution >= 4 is 27.3 Å². The van der Waals surface area contributed by atoms with Crippen LogP contribution in [0.4, 0.5) is 0 Å². The molecule has 1 atom stereocenters. The van der Waals surface area contributed by atoms with E-state index in [1.807, 2.05) is 0 Å². The summed E-state index contributed by atoms with van der Waals surface area (Å²) >= 11 is 0.692. The average molecular weight is 273 g/mol. The number of nitrogens with one attached hydrogen (secondary N) is 1. The molecule has 0 aromatic carbocycles. The quantitative estimate of drug-likeness (QED) is 0.788. The normalized spacial score (nSPS) is 12.9. The summed E-state index contributed by atoms with van der Waals surface area (Å²) in [6.07, 6.45) is 5.62. The van der Waals surface area contributed by atoms with Crippen molar-refractivity contribution in [3.63, 3.8) is 0 Å². The van der Waals surface area contributed by atoms with Crippen LogP contribution in [0.3, 0.4) is 0 Å². The fourth-order valence-corrected chi connectivity index (χ4v) is 3.46. The van der Waals surface area contributed by atoms with Crippen LogP contribution in [0, 0.1) is 12.3 Å². The lowest BCUT2D eigenvalue weighted by Crippen LogP contribution is -2.32. The second-order valence-corrected chi connectivity index (χ2v) is 6.20. The van der Waals surface area contributed by atoms with E-state index in [2.05, 4.69) is 10.6 Å². The van der Waals surface area contributed by atoms with Crippen molar-refractivity contribution in [1.82, 2.24) is 4.72 Å². The van der Waals surface area contributed by atoms with Crippen LogP contribution in [0.5, 0.6) is 0 Å². The first kappa shape index (κ1) is 13.7. The number of hydrogen-bond donors (Lipinski definition) is 2. The number of carboxylic acid groups (broad SMARTS) is 1. The van der Waals surface area contributed by atoms with E-state index in [4.69, 9.17) is 11.5 Å². The standard InChI is InChI=1S/C10H11NO4S2/c1-3-7(4-2)11-17(14,15)9-6-5-8(16-9)10(12)13/h1,5-7,11H,4H2,2H3,(H,12,13). The lowest BCUT2D eigenvalue weighted by molar-refractivity contribution is 0.0702. The van der Waals surface area contributed by atoms with Crippen LogP contribution >= 0.6 is 11.3 Å². The van der Waals surface area contributed by atoms with Gasteiger partial charge in [0.25, 0.3) is 10.0 Å². The minimum absolute atomic E-state index is 0.0286. The number of terminal acetylenes is 1. The van der Waals surface area contributed by atoms with Gasteiger partial charge in [0.2, 0.25) is 0 Å². The fourth-order valence-electron chi connectivity index (χ4n) is 1.06. The van der Waals surface area contributed by atoms with E-state index in [0.29, 0.717) is 17.8 Å². The highest BCUT2D eigenvalue weighted by Gasteiger charge is 2.21. The van der Waals surface area contributed by atoms with E-state index in [9.17, 15) is 13.2 Å². The molecule has 0 spiro atoms. The van der Waals surface area contributed by atoms with Gasteiger partial charge in [-0.1, -0.05) is 12.8 Å². The predicted molar refractivity (Wildman–Crippen MR) is 64.5 cm³/mol. The Kier molecular flexibility index (Phi) is 4.28. The highest BCUT2D eigenvalue weighted by Crippen LogP contribution is 2.21. The Morgan fingerprint density at radius 2 is 2.29 bits per heavy atom. The number of carbonyl (C=O) groups is 1. The van der Waals surface area contributed by atoms with E-state index in [-0.39, 0.29) is 9.09 Å². The Labute approximate surface area is 104 Å². The van der Waals surface area contributed by atoms with Gasteiger partial charge in [-0.25, -0.2) is 13.2 Å². The van der Waals surface area contributed by atoms with Crippen LogP contribution in [0.15, 0.2) is 16.3 Å². The maximum Gasteiger partial charge on any atom is 0.345 e. The molecule has 1 aromatic rings. The van der Waals surface area contributed by atoms with Crippen LogP contribution in [0.2, 0.25) is 0 Å². The molecular formula is C10H11NO4S2. The van der Waals surface area contributed by atoms with Crippen molar-refractivity contribution in [2.45, 2.75) is 23.6 Å². The lowest BCUT2D eigenvalue weighted by atomic mass is 10.3. The van der Waals surface area contributed by atoms with E-state index < -0.39 is 22.0 Å². The number of aromatic carboxylic acids is 1. The van der Waals surface area contributed by atoms with Crippen LogP contribution in [0.25, 0.3) is 0 Å². The number of sulfonamides is 1. The van der Waals surface area contributed by atoms with E-state index in [0.717, 1.165) is 0 Å². The first-order valence-corrected chi connectivity index (χ1v) is 7.02. The zero-order valence-corrected chi connectivity index (χ0v) is 10.6. The smallest absolute Gasteiger partial charge is 0.345 e. The van der Waals surface area contributed by atoms with Gasteiger partial charge in [-0.05, 0) is 18.6 Å². The highest BCUT2D eigenvalue weighted by atomic mass is 32.2. The van der Waals surface area contributed by atoms with Crippen LogP contribution in [-0.4, -0.2) is 25.5 Å². The predicted octanol–water partition coefficient (Wildman–Crippen LogP) is 1.14. The molecule has 7 heteroatoms. The minimum Gasteiger partial charge on any atom is -0.477 e. The summed E-state index contributed by atoms with van der Waals surface area (Å²) in [7, 11) is -3.73. The third kappa shape index (κ3) is 3.30. The molecule has 0 saturated heterocycles. The topological polar surface area (TPSA) is 83.5 Å². The third-order valence-electron chi connectivity index (χ3n) is 1.96. The summed E-state index contributed by atoms with van der Waals surface area (Å²) in [6, 6.07) is 1.91. The molecule has 5 nitrogen and oxygen atoms in total. The molecule has 1 unspecified atom stereocenters. The van der Waals surface area contributed by atoms with Gasteiger partial charge in [0.1, 0.15) is 9.09 Å². The van der Waals surface area contributed by atoms with Crippen LogP contribution in [0.1, 0.15) is 23.0 Å². The van der Waals surface area contributed by atoms with Crippen molar-refractivity contribution < 1.29 is 18.3 Å². The van der Waals surface area contributed by atoms with Gasteiger partial charge in [-0.3, -0.25) is 0 Å². The number of thiophene rings is 1. The Morgan fingerprint density at radius 3 is 2.71 bits per heavy atom. The Morgan fingerprint density at radius 1 is 1.65 bits per heavy atom. The summed E-state index contributed by atoms with van der Waals surface area (Å²) in [5.41, 5.74) is 0. The van der Waals surface area contributed by atoms with Crippen LogP contribution in [-0.2, 0) is 10.0 Å². The zero-order valence-electron chi connectivity index (χ0n) is 9.00. The second kappa shape index (κ2) is 5.31. The molecule has 1 heterocycles. The number of rotatable bonds is 5. The van der Waals surface area contributed by atoms with Gasteiger partial charge in [-0.2, -0.15) is 4.72 Å². The van der Waals surface area contributed by atoms with Gasteiger partial charge in [0.15, 0.2) is 0 Å².